The number of nitrogens with one attached hydrogen (secondary N) is 1. The number of imidazole rings is 1. The summed E-state index contributed by atoms with van der Waals surface area (Å²) >= 11 is 1.66. The molecule has 1 aromatic heterocycles. The van der Waals surface area contributed by atoms with Crippen LogP contribution in [-0.4, -0.2) is 48.7 Å². The van der Waals surface area contributed by atoms with E-state index in [2.05, 4.69) is 10.3 Å². The zero-order chi connectivity index (χ0) is 19.2. The van der Waals surface area contributed by atoms with Gasteiger partial charge in [0, 0.05) is 42.9 Å². The van der Waals surface area contributed by atoms with Crippen LogP contribution in [-0.2, 0) is 16.6 Å². The van der Waals surface area contributed by atoms with Gasteiger partial charge in [0.05, 0.1) is 4.87 Å². The Balaban J connectivity index is 1.46. The summed E-state index contributed by atoms with van der Waals surface area (Å²) in [6, 6.07) is 6.27. The molecule has 2 fully saturated rings. The zero-order valence-electron chi connectivity index (χ0n) is 15.1. The molecule has 0 aliphatic carbocycles. The number of fused-ring (bicyclic) bond motifs is 1. The lowest BCUT2D eigenvalue weighted by Crippen LogP contribution is -2.48. The molecule has 0 bridgehead atoms. The van der Waals surface area contributed by atoms with E-state index < -0.39 is 6.04 Å². The smallest absolute Gasteiger partial charge is 0.248 e. The molecule has 0 saturated carbocycles. The highest BCUT2D eigenvalue weighted by molar-refractivity contribution is 8.01. The summed E-state index contributed by atoms with van der Waals surface area (Å²) in [5.74, 6) is 0.639. The highest BCUT2D eigenvalue weighted by atomic mass is 32.2. The maximum atomic E-state index is 12.7. The maximum absolute atomic E-state index is 12.7. The quantitative estimate of drug-likeness (QED) is 0.816. The lowest BCUT2D eigenvalue weighted by Gasteiger charge is -2.29. The van der Waals surface area contributed by atoms with Crippen LogP contribution in [0.5, 0.6) is 0 Å². The number of nitrogens with zero attached hydrogens (tertiary/aromatic N) is 3. The highest BCUT2D eigenvalue weighted by Crippen LogP contribution is 2.47. The number of aromatic nitrogens is 2. The average molecular weight is 384 g/mol. The van der Waals surface area contributed by atoms with Crippen LogP contribution in [0.15, 0.2) is 36.7 Å². The SMILES string of the molecule is Cn1ccnc1C(=O)c1ccc(NC(=O)C2CSC3(C)CCC(=O)N23)cc1. The van der Waals surface area contributed by atoms with Crippen molar-refractivity contribution in [2.75, 3.05) is 11.1 Å². The topological polar surface area (TPSA) is 84.3 Å². The molecule has 140 valence electrons. The van der Waals surface area contributed by atoms with E-state index in [4.69, 9.17) is 0 Å². The molecule has 27 heavy (non-hydrogen) atoms. The van der Waals surface area contributed by atoms with Crippen LogP contribution in [0.2, 0.25) is 0 Å². The third-order valence-corrected chi connectivity index (χ3v) is 6.69. The average Bonchev–Trinajstić information content (AvgIpc) is 3.30. The van der Waals surface area contributed by atoms with Gasteiger partial charge in [-0.3, -0.25) is 14.4 Å². The predicted molar refractivity (Wildman–Crippen MR) is 102 cm³/mol. The summed E-state index contributed by atoms with van der Waals surface area (Å²) in [5.41, 5.74) is 1.10. The fourth-order valence-electron chi connectivity index (χ4n) is 3.66. The Hall–Kier alpha value is -2.61. The second kappa shape index (κ2) is 6.53. The molecule has 2 aliphatic rings. The van der Waals surface area contributed by atoms with Crippen LogP contribution < -0.4 is 5.32 Å². The van der Waals surface area contributed by atoms with E-state index in [1.165, 1.54) is 0 Å². The highest BCUT2D eigenvalue weighted by Gasteiger charge is 2.52. The standard InChI is InChI=1S/C19H20N4O3S/c1-19-8-7-15(24)23(19)14(11-27-19)18(26)21-13-5-3-12(4-6-13)16(25)17-20-9-10-22(17)2/h3-6,9-10,14H,7-8,11H2,1-2H3,(H,21,26). The Kier molecular flexibility index (Phi) is 4.30. The molecular formula is C19H20N4O3S. The van der Waals surface area contributed by atoms with Crippen molar-refractivity contribution in [3.63, 3.8) is 0 Å². The zero-order valence-corrected chi connectivity index (χ0v) is 16.0. The van der Waals surface area contributed by atoms with Crippen LogP contribution in [0, 0.1) is 0 Å². The normalized spacial score (nSPS) is 24.1. The molecule has 4 rings (SSSR count). The van der Waals surface area contributed by atoms with Crippen molar-refractivity contribution in [2.45, 2.75) is 30.7 Å². The molecule has 2 aromatic rings. The monoisotopic (exact) mass is 384 g/mol. The van der Waals surface area contributed by atoms with Gasteiger partial charge in [0.1, 0.15) is 6.04 Å². The molecule has 0 spiro atoms. The molecule has 8 heteroatoms. The first-order valence-corrected chi connectivity index (χ1v) is 9.77. The second-order valence-corrected chi connectivity index (χ2v) is 8.52. The van der Waals surface area contributed by atoms with Gasteiger partial charge >= 0.3 is 0 Å². The van der Waals surface area contributed by atoms with Gasteiger partial charge in [-0.15, -0.1) is 11.8 Å². The first-order chi connectivity index (χ1) is 12.9. The number of amides is 2. The van der Waals surface area contributed by atoms with Crippen molar-refractivity contribution in [1.29, 1.82) is 0 Å². The Bertz CT molecular complexity index is 923. The van der Waals surface area contributed by atoms with Crippen molar-refractivity contribution in [3.05, 3.63) is 48.0 Å². The lowest BCUT2D eigenvalue weighted by molar-refractivity contribution is -0.135. The van der Waals surface area contributed by atoms with E-state index in [9.17, 15) is 14.4 Å². The number of thioether (sulfide) groups is 1. The third kappa shape index (κ3) is 3.03. The molecule has 0 radical (unpaired) electrons. The number of rotatable bonds is 4. The summed E-state index contributed by atoms with van der Waals surface area (Å²) in [6.45, 7) is 2.02. The summed E-state index contributed by atoms with van der Waals surface area (Å²) < 4.78 is 1.67. The molecule has 7 nitrogen and oxygen atoms in total. The molecule has 2 saturated heterocycles. The number of carbonyl (C=O) groups is 3. The molecule has 3 heterocycles. The first-order valence-electron chi connectivity index (χ1n) is 8.78. The third-order valence-electron chi connectivity index (χ3n) is 5.19. The van der Waals surface area contributed by atoms with Crippen molar-refractivity contribution in [1.82, 2.24) is 14.5 Å². The number of aryl methyl sites for hydroxylation is 1. The fraction of sp³-hybridized carbons (Fsp3) is 0.368. The van der Waals surface area contributed by atoms with Crippen LogP contribution >= 0.6 is 11.8 Å². The first kappa shape index (κ1) is 17.8. The van der Waals surface area contributed by atoms with Gasteiger partial charge in [-0.25, -0.2) is 4.98 Å². The maximum Gasteiger partial charge on any atom is 0.248 e. The van der Waals surface area contributed by atoms with Crippen molar-refractivity contribution < 1.29 is 14.4 Å². The van der Waals surface area contributed by atoms with Gasteiger partial charge in [0.25, 0.3) is 0 Å². The molecular weight excluding hydrogens is 364 g/mol. The summed E-state index contributed by atoms with van der Waals surface area (Å²) in [4.78, 5) is 42.8. The number of carbonyl (C=O) groups excluding carboxylic acids is 3. The fourth-order valence-corrected chi connectivity index (χ4v) is 5.09. The predicted octanol–water partition coefficient (Wildman–Crippen LogP) is 2.04. The van der Waals surface area contributed by atoms with Crippen LogP contribution in [0.3, 0.4) is 0 Å². The number of ketones is 1. The van der Waals surface area contributed by atoms with Crippen molar-refractivity contribution in [3.8, 4) is 0 Å². The van der Waals surface area contributed by atoms with E-state index in [0.717, 1.165) is 6.42 Å². The van der Waals surface area contributed by atoms with E-state index in [1.54, 1.807) is 64.9 Å². The van der Waals surface area contributed by atoms with E-state index in [-0.39, 0.29) is 22.5 Å². The minimum atomic E-state index is -0.455. The van der Waals surface area contributed by atoms with Gasteiger partial charge in [0.2, 0.25) is 17.6 Å². The Morgan fingerprint density at radius 3 is 2.70 bits per heavy atom. The molecule has 2 unspecified atom stereocenters. The van der Waals surface area contributed by atoms with Gasteiger partial charge in [0.15, 0.2) is 5.82 Å². The molecule has 2 aliphatic heterocycles. The van der Waals surface area contributed by atoms with Gasteiger partial charge < -0.3 is 14.8 Å². The summed E-state index contributed by atoms with van der Waals surface area (Å²) in [6.07, 6.45) is 4.57. The Morgan fingerprint density at radius 1 is 1.30 bits per heavy atom. The van der Waals surface area contributed by atoms with E-state index >= 15 is 0 Å². The van der Waals surface area contributed by atoms with Crippen LogP contribution in [0.4, 0.5) is 5.69 Å². The number of anilines is 1. The Labute approximate surface area is 161 Å². The van der Waals surface area contributed by atoms with Gasteiger partial charge in [-0.1, -0.05) is 0 Å². The largest absolute Gasteiger partial charge is 0.331 e. The minimum Gasteiger partial charge on any atom is -0.331 e. The number of benzene rings is 1. The molecule has 1 N–H and O–H groups in total. The van der Waals surface area contributed by atoms with Crippen molar-refractivity contribution in [2.24, 2.45) is 7.05 Å². The lowest BCUT2D eigenvalue weighted by atomic mass is 10.1. The number of hydrogen-bond acceptors (Lipinski definition) is 5. The summed E-state index contributed by atoms with van der Waals surface area (Å²) in [5, 5.41) is 2.87. The number of hydrogen-bond donors (Lipinski definition) is 1. The van der Waals surface area contributed by atoms with Crippen LogP contribution in [0.25, 0.3) is 0 Å². The van der Waals surface area contributed by atoms with Gasteiger partial charge in [-0.2, -0.15) is 0 Å². The molecule has 2 amide bonds. The van der Waals surface area contributed by atoms with Gasteiger partial charge in [-0.05, 0) is 37.6 Å². The van der Waals surface area contributed by atoms with E-state index in [0.29, 0.717) is 29.2 Å². The Morgan fingerprint density at radius 2 is 2.04 bits per heavy atom. The van der Waals surface area contributed by atoms with Crippen molar-refractivity contribution >= 4 is 35.0 Å². The van der Waals surface area contributed by atoms with Crippen LogP contribution in [0.1, 0.15) is 35.9 Å². The minimum absolute atomic E-state index is 0.0404. The summed E-state index contributed by atoms with van der Waals surface area (Å²) in [7, 11) is 1.77. The molecule has 2 atom stereocenters. The van der Waals surface area contributed by atoms with E-state index in [1.807, 2.05) is 6.92 Å². The second-order valence-electron chi connectivity index (χ2n) is 7.02. The molecule has 1 aromatic carbocycles.